The lowest BCUT2D eigenvalue weighted by Crippen LogP contribution is -2.53. The first-order valence-corrected chi connectivity index (χ1v) is 9.38. The van der Waals surface area contributed by atoms with Gasteiger partial charge >= 0.3 is 5.97 Å². The second-order valence-electron chi connectivity index (χ2n) is 7.99. The molecule has 1 aromatic carbocycles. The monoisotopic (exact) mass is 376 g/mol. The van der Waals surface area contributed by atoms with Crippen molar-refractivity contribution in [3.8, 4) is 0 Å². The van der Waals surface area contributed by atoms with Crippen LogP contribution in [0.25, 0.3) is 10.9 Å². The van der Waals surface area contributed by atoms with Crippen LogP contribution in [0.3, 0.4) is 0 Å². The molecule has 3 N–H and O–H groups in total. The fraction of sp³-hybridized carbons (Fsp3) is 0.550. The highest BCUT2D eigenvalue weighted by molar-refractivity contribution is 5.85. The molecule has 0 radical (unpaired) electrons. The summed E-state index contributed by atoms with van der Waals surface area (Å²) in [7, 11) is 0. The van der Waals surface area contributed by atoms with Crippen LogP contribution in [0.5, 0.6) is 0 Å². The Labute approximate surface area is 158 Å². The number of carboxylic acids is 1. The molecule has 6 heteroatoms. The largest absolute Gasteiger partial charge is 0.481 e. The van der Waals surface area contributed by atoms with Crippen LogP contribution in [-0.2, 0) is 11.2 Å². The zero-order chi connectivity index (χ0) is 17.1. The number of rotatable bonds is 1. The van der Waals surface area contributed by atoms with Gasteiger partial charge in [0, 0.05) is 29.7 Å². The molecule has 0 unspecified atom stereocenters. The van der Waals surface area contributed by atoms with Crippen molar-refractivity contribution in [1.82, 2.24) is 9.88 Å². The highest BCUT2D eigenvalue weighted by atomic mass is 35.5. The molecule has 1 saturated carbocycles. The minimum Gasteiger partial charge on any atom is -0.481 e. The van der Waals surface area contributed by atoms with Gasteiger partial charge in [0.2, 0.25) is 0 Å². The summed E-state index contributed by atoms with van der Waals surface area (Å²) in [6.45, 7) is 2.00. The third-order valence-electron chi connectivity index (χ3n) is 6.83. The van der Waals surface area contributed by atoms with Crippen LogP contribution < -0.4 is 0 Å². The van der Waals surface area contributed by atoms with Crippen LogP contribution in [0.1, 0.15) is 36.6 Å². The minimum absolute atomic E-state index is 0. The molecule has 5 atom stereocenters. The number of benzene rings is 1. The lowest BCUT2D eigenvalue weighted by Gasteiger charge is -2.50. The highest BCUT2D eigenvalue weighted by Gasteiger charge is 2.49. The number of H-pyrrole nitrogens is 1. The second kappa shape index (κ2) is 6.55. The molecule has 1 saturated heterocycles. The van der Waals surface area contributed by atoms with E-state index in [1.54, 1.807) is 0 Å². The van der Waals surface area contributed by atoms with Crippen molar-refractivity contribution >= 4 is 29.3 Å². The average molecular weight is 377 g/mol. The maximum absolute atomic E-state index is 11.8. The number of hydrogen-bond acceptors (Lipinski definition) is 3. The Morgan fingerprint density at radius 2 is 2.04 bits per heavy atom. The summed E-state index contributed by atoms with van der Waals surface area (Å²) >= 11 is 0. The number of hydrogen-bond donors (Lipinski definition) is 3. The number of carbonyl (C=O) groups is 1. The number of aromatic nitrogens is 1. The molecule has 0 amide bonds. The van der Waals surface area contributed by atoms with Crippen molar-refractivity contribution in [2.24, 2.45) is 17.8 Å². The zero-order valence-corrected chi connectivity index (χ0v) is 15.4. The first-order chi connectivity index (χ1) is 12.1. The lowest BCUT2D eigenvalue weighted by atomic mass is 9.65. The number of aromatic amines is 1. The molecule has 2 fully saturated rings. The van der Waals surface area contributed by atoms with E-state index in [0.29, 0.717) is 12.3 Å². The van der Waals surface area contributed by atoms with Gasteiger partial charge in [-0.05, 0) is 49.1 Å². The summed E-state index contributed by atoms with van der Waals surface area (Å²) in [5.74, 6) is -0.981. The number of aliphatic hydroxyl groups excluding tert-OH is 1. The molecule has 2 aliphatic heterocycles. The van der Waals surface area contributed by atoms with E-state index in [1.807, 2.05) is 0 Å². The normalized spacial score (nSPS) is 33.7. The minimum atomic E-state index is -0.830. The maximum atomic E-state index is 11.8. The van der Waals surface area contributed by atoms with Gasteiger partial charge in [0.15, 0.2) is 0 Å². The van der Waals surface area contributed by atoms with Gasteiger partial charge in [-0.1, -0.05) is 18.2 Å². The van der Waals surface area contributed by atoms with E-state index in [-0.39, 0.29) is 24.4 Å². The zero-order valence-electron chi connectivity index (χ0n) is 14.6. The average Bonchev–Trinajstić information content (AvgIpc) is 2.99. The Kier molecular flexibility index (Phi) is 4.49. The van der Waals surface area contributed by atoms with E-state index < -0.39 is 18.0 Å². The summed E-state index contributed by atoms with van der Waals surface area (Å²) < 4.78 is 0. The van der Waals surface area contributed by atoms with E-state index in [4.69, 9.17) is 0 Å². The molecular formula is C20H25ClN2O3. The first-order valence-electron chi connectivity index (χ1n) is 9.38. The highest BCUT2D eigenvalue weighted by Crippen LogP contribution is 2.49. The van der Waals surface area contributed by atoms with E-state index in [2.05, 4.69) is 34.1 Å². The van der Waals surface area contributed by atoms with Crippen molar-refractivity contribution in [1.29, 1.82) is 0 Å². The molecule has 5 rings (SSSR count). The van der Waals surface area contributed by atoms with Crippen molar-refractivity contribution in [2.75, 3.05) is 13.1 Å². The maximum Gasteiger partial charge on any atom is 0.309 e. The number of halogens is 1. The number of aliphatic hydroxyl groups is 1. The Balaban J connectivity index is 0.00000168. The predicted octanol–water partition coefficient (Wildman–Crippen LogP) is 2.98. The molecule has 5 nitrogen and oxygen atoms in total. The number of para-hydroxylation sites is 1. The Hall–Kier alpha value is -1.56. The molecule has 26 heavy (non-hydrogen) atoms. The Bertz CT molecular complexity index is 836. The number of piperidine rings is 1. The van der Waals surface area contributed by atoms with Gasteiger partial charge in [-0.3, -0.25) is 9.69 Å². The summed E-state index contributed by atoms with van der Waals surface area (Å²) in [6, 6.07) is 8.68. The smallest absolute Gasteiger partial charge is 0.309 e. The van der Waals surface area contributed by atoms with Crippen molar-refractivity contribution < 1.29 is 15.0 Å². The fourth-order valence-corrected chi connectivity index (χ4v) is 5.68. The molecule has 0 spiro atoms. The lowest BCUT2D eigenvalue weighted by molar-refractivity contribution is -0.156. The SMILES string of the molecule is Cl.O=C(O)[C@@H]1[C@H]2C[C@H]3c4[nH]c5ccccc5c4CCN3C[C@@H]2CC[C@@H]1O. The van der Waals surface area contributed by atoms with Crippen molar-refractivity contribution in [2.45, 2.75) is 37.8 Å². The standard InChI is InChI=1S/C20H24N2O3.ClH/c23-17-6-5-11-10-22-8-7-13-12-3-1-2-4-15(12)21-19(13)16(22)9-14(11)18(17)20(24)25;/h1-4,11,14,16-18,21,23H,5-10H2,(H,24,25);1H/t11-,14-,16-,17-,18+;/m0./s1. The summed E-state index contributed by atoms with van der Waals surface area (Å²) in [5, 5.41) is 21.3. The predicted molar refractivity (Wildman–Crippen MR) is 102 cm³/mol. The van der Waals surface area contributed by atoms with Gasteiger partial charge in [0.1, 0.15) is 0 Å². The summed E-state index contributed by atoms with van der Waals surface area (Å²) in [6.07, 6.45) is 2.75. The van der Waals surface area contributed by atoms with Gasteiger partial charge in [0.05, 0.1) is 18.1 Å². The molecule has 1 aliphatic carbocycles. The molecule has 3 aliphatic rings. The molecular weight excluding hydrogens is 352 g/mol. The summed E-state index contributed by atoms with van der Waals surface area (Å²) in [5.41, 5.74) is 3.85. The molecule has 0 bridgehead atoms. The van der Waals surface area contributed by atoms with E-state index in [1.165, 1.54) is 22.2 Å². The molecule has 3 heterocycles. The first kappa shape index (κ1) is 17.8. The number of fused-ring (bicyclic) bond motifs is 6. The van der Waals surface area contributed by atoms with Crippen molar-refractivity contribution in [3.05, 3.63) is 35.5 Å². The molecule has 1 aromatic heterocycles. The second-order valence-corrected chi connectivity index (χ2v) is 7.99. The van der Waals surface area contributed by atoms with Gasteiger partial charge < -0.3 is 15.2 Å². The van der Waals surface area contributed by atoms with Crippen LogP contribution in [0.15, 0.2) is 24.3 Å². The van der Waals surface area contributed by atoms with Crippen LogP contribution in [0, 0.1) is 17.8 Å². The molecule has 2 aromatic rings. The quantitative estimate of drug-likeness (QED) is 0.715. The van der Waals surface area contributed by atoms with E-state index in [0.717, 1.165) is 32.4 Å². The van der Waals surface area contributed by atoms with Crippen LogP contribution in [-0.4, -0.2) is 45.3 Å². The number of nitrogens with one attached hydrogen (secondary N) is 1. The van der Waals surface area contributed by atoms with Gasteiger partial charge in [-0.2, -0.15) is 0 Å². The van der Waals surface area contributed by atoms with E-state index in [9.17, 15) is 15.0 Å². The van der Waals surface area contributed by atoms with Gasteiger partial charge in [-0.25, -0.2) is 0 Å². The van der Waals surface area contributed by atoms with Gasteiger partial charge in [0.25, 0.3) is 0 Å². The number of nitrogens with zero attached hydrogens (tertiary/aromatic N) is 1. The third-order valence-corrected chi connectivity index (χ3v) is 6.83. The third kappa shape index (κ3) is 2.56. The van der Waals surface area contributed by atoms with E-state index >= 15 is 0 Å². The fourth-order valence-electron chi connectivity index (χ4n) is 5.68. The molecule has 140 valence electrons. The Morgan fingerprint density at radius 3 is 2.85 bits per heavy atom. The topological polar surface area (TPSA) is 76.6 Å². The van der Waals surface area contributed by atoms with Crippen molar-refractivity contribution in [3.63, 3.8) is 0 Å². The van der Waals surface area contributed by atoms with Crippen LogP contribution >= 0.6 is 12.4 Å². The van der Waals surface area contributed by atoms with Crippen LogP contribution in [0.2, 0.25) is 0 Å². The van der Waals surface area contributed by atoms with Gasteiger partial charge in [-0.15, -0.1) is 12.4 Å². The summed E-state index contributed by atoms with van der Waals surface area (Å²) in [4.78, 5) is 17.9. The number of aliphatic carboxylic acids is 1. The van der Waals surface area contributed by atoms with Crippen LogP contribution in [0.4, 0.5) is 0 Å². The number of carboxylic acid groups (broad SMARTS) is 1. The Morgan fingerprint density at radius 1 is 1.23 bits per heavy atom.